The fraction of sp³-hybridized carbons (Fsp3) is 0.200. The zero-order valence-electron chi connectivity index (χ0n) is 15.3. The maximum atomic E-state index is 12.5. The Morgan fingerprint density at radius 3 is 2.56 bits per heavy atom. The van der Waals surface area contributed by atoms with E-state index >= 15 is 0 Å². The van der Waals surface area contributed by atoms with Crippen molar-refractivity contribution in [2.45, 2.75) is 20.8 Å². The summed E-state index contributed by atoms with van der Waals surface area (Å²) >= 11 is 0.824. The van der Waals surface area contributed by atoms with Crippen molar-refractivity contribution in [2.75, 3.05) is 11.9 Å². The summed E-state index contributed by atoms with van der Waals surface area (Å²) in [7, 11) is 0. The Morgan fingerprint density at radius 2 is 1.93 bits per heavy atom. The van der Waals surface area contributed by atoms with Crippen LogP contribution >= 0.6 is 11.8 Å². The first kappa shape index (κ1) is 18.8. The molecule has 1 aromatic carbocycles. The molecule has 27 heavy (non-hydrogen) atoms. The van der Waals surface area contributed by atoms with Crippen molar-refractivity contribution in [1.29, 1.82) is 0 Å². The molecule has 0 atom stereocenters. The maximum Gasteiger partial charge on any atom is 0.294 e. The molecule has 1 aliphatic heterocycles. The van der Waals surface area contributed by atoms with Gasteiger partial charge in [-0.1, -0.05) is 23.8 Å². The Bertz CT molecular complexity index is 931. The fourth-order valence-electron chi connectivity index (χ4n) is 2.95. The molecule has 3 rings (SSSR count). The van der Waals surface area contributed by atoms with Crippen LogP contribution in [0.2, 0.25) is 0 Å². The number of hydrogen-bond acceptors (Lipinski definition) is 5. The van der Waals surface area contributed by atoms with Crippen LogP contribution in [0.1, 0.15) is 22.3 Å². The number of aromatic nitrogens is 1. The summed E-state index contributed by atoms with van der Waals surface area (Å²) in [5.74, 6) is -0.878. The van der Waals surface area contributed by atoms with E-state index in [1.165, 1.54) is 0 Å². The molecule has 7 heteroatoms. The van der Waals surface area contributed by atoms with Crippen LogP contribution in [0.25, 0.3) is 6.08 Å². The van der Waals surface area contributed by atoms with E-state index in [1.54, 1.807) is 30.6 Å². The van der Waals surface area contributed by atoms with Crippen molar-refractivity contribution in [2.24, 2.45) is 0 Å². The minimum Gasteiger partial charge on any atom is -0.324 e. The van der Waals surface area contributed by atoms with Crippen LogP contribution < -0.4 is 5.32 Å². The normalized spacial score (nSPS) is 15.5. The lowest BCUT2D eigenvalue weighted by Crippen LogP contribution is -2.36. The maximum absolute atomic E-state index is 12.5. The predicted octanol–water partition coefficient (Wildman–Crippen LogP) is 3.68. The van der Waals surface area contributed by atoms with Crippen molar-refractivity contribution < 1.29 is 14.4 Å². The molecule has 0 saturated carbocycles. The number of nitrogens with one attached hydrogen (secondary N) is 1. The van der Waals surface area contributed by atoms with Crippen LogP contribution in [0.5, 0.6) is 0 Å². The SMILES string of the molecule is Cc1cc(C)c(NC(=O)CN2C(=O)S/C(=C/c3cccnc3)C2=O)c(C)c1. The fourth-order valence-corrected chi connectivity index (χ4v) is 3.79. The van der Waals surface area contributed by atoms with Gasteiger partial charge in [0.2, 0.25) is 5.91 Å². The molecular weight excluding hydrogens is 362 g/mol. The van der Waals surface area contributed by atoms with Gasteiger partial charge >= 0.3 is 0 Å². The van der Waals surface area contributed by atoms with E-state index in [0.29, 0.717) is 5.69 Å². The number of benzene rings is 1. The molecule has 1 aromatic heterocycles. The number of thioether (sulfide) groups is 1. The first-order chi connectivity index (χ1) is 12.8. The van der Waals surface area contributed by atoms with Gasteiger partial charge in [0.25, 0.3) is 11.1 Å². The van der Waals surface area contributed by atoms with E-state index in [2.05, 4.69) is 10.3 Å². The van der Waals surface area contributed by atoms with Crippen molar-refractivity contribution in [3.05, 3.63) is 63.8 Å². The molecule has 6 nitrogen and oxygen atoms in total. The highest BCUT2D eigenvalue weighted by molar-refractivity contribution is 8.18. The number of hydrogen-bond donors (Lipinski definition) is 1. The first-order valence-electron chi connectivity index (χ1n) is 8.38. The van der Waals surface area contributed by atoms with Crippen LogP contribution in [0.3, 0.4) is 0 Å². The summed E-state index contributed by atoms with van der Waals surface area (Å²) in [5.41, 5.74) is 4.41. The molecule has 1 saturated heterocycles. The van der Waals surface area contributed by atoms with Gasteiger partial charge in [0.1, 0.15) is 6.54 Å². The number of imide groups is 1. The van der Waals surface area contributed by atoms with Crippen LogP contribution in [-0.2, 0) is 9.59 Å². The number of anilines is 1. The van der Waals surface area contributed by atoms with Gasteiger partial charge in [-0.2, -0.15) is 0 Å². The summed E-state index contributed by atoms with van der Waals surface area (Å²) < 4.78 is 0. The van der Waals surface area contributed by atoms with Gasteiger partial charge in [0.05, 0.1) is 4.91 Å². The topological polar surface area (TPSA) is 79.4 Å². The number of nitrogens with zero attached hydrogens (tertiary/aromatic N) is 2. The third kappa shape index (κ3) is 4.25. The molecule has 0 bridgehead atoms. The Balaban J connectivity index is 1.72. The average molecular weight is 381 g/mol. The predicted molar refractivity (Wildman–Crippen MR) is 106 cm³/mol. The summed E-state index contributed by atoms with van der Waals surface area (Å²) in [4.78, 5) is 42.3. The molecule has 138 valence electrons. The van der Waals surface area contributed by atoms with Gasteiger partial charge in [-0.25, -0.2) is 0 Å². The highest BCUT2D eigenvalue weighted by Gasteiger charge is 2.36. The van der Waals surface area contributed by atoms with Crippen LogP contribution in [0.15, 0.2) is 41.6 Å². The highest BCUT2D eigenvalue weighted by Crippen LogP contribution is 2.32. The molecule has 0 radical (unpaired) electrons. The standard InChI is InChI=1S/C20H19N3O3S/c1-12-7-13(2)18(14(3)8-12)22-17(24)11-23-19(25)16(27-20(23)26)9-15-5-4-6-21-10-15/h4-10H,11H2,1-3H3,(H,22,24)/b16-9+. The Hall–Kier alpha value is -2.93. The van der Waals surface area contributed by atoms with E-state index in [-0.39, 0.29) is 11.4 Å². The van der Waals surface area contributed by atoms with E-state index in [1.807, 2.05) is 32.9 Å². The Kier molecular flexibility index (Phi) is 5.41. The van der Waals surface area contributed by atoms with Gasteiger partial charge in [-0.15, -0.1) is 0 Å². The van der Waals surface area contributed by atoms with E-state index in [0.717, 1.165) is 38.9 Å². The van der Waals surface area contributed by atoms with Crippen molar-refractivity contribution >= 4 is 40.6 Å². The molecule has 2 aromatic rings. The molecular formula is C20H19N3O3S. The van der Waals surface area contributed by atoms with E-state index in [4.69, 9.17) is 0 Å². The van der Waals surface area contributed by atoms with Crippen molar-refractivity contribution in [1.82, 2.24) is 9.88 Å². The van der Waals surface area contributed by atoms with Crippen molar-refractivity contribution in [3.8, 4) is 0 Å². The lowest BCUT2D eigenvalue weighted by molar-refractivity contribution is -0.127. The number of aryl methyl sites for hydroxylation is 3. The van der Waals surface area contributed by atoms with Gasteiger partial charge < -0.3 is 5.32 Å². The van der Waals surface area contributed by atoms with E-state index in [9.17, 15) is 14.4 Å². The number of carbonyl (C=O) groups is 3. The van der Waals surface area contributed by atoms with Gasteiger partial charge in [0.15, 0.2) is 0 Å². The minimum absolute atomic E-state index is 0.281. The molecule has 3 amide bonds. The first-order valence-corrected chi connectivity index (χ1v) is 9.20. The van der Waals surface area contributed by atoms with Crippen LogP contribution in [-0.4, -0.2) is 33.5 Å². The zero-order chi connectivity index (χ0) is 19.6. The molecule has 0 spiro atoms. The van der Waals surface area contributed by atoms with Gasteiger partial charge in [-0.3, -0.25) is 24.3 Å². The van der Waals surface area contributed by atoms with Crippen molar-refractivity contribution in [3.63, 3.8) is 0 Å². The zero-order valence-corrected chi connectivity index (χ0v) is 16.1. The average Bonchev–Trinajstić information content (AvgIpc) is 2.86. The third-order valence-corrected chi connectivity index (χ3v) is 5.01. The molecule has 1 fully saturated rings. The van der Waals surface area contributed by atoms with Crippen LogP contribution in [0.4, 0.5) is 10.5 Å². The number of rotatable bonds is 4. The molecule has 0 aliphatic carbocycles. The van der Waals surface area contributed by atoms with E-state index < -0.39 is 17.1 Å². The van der Waals surface area contributed by atoms with Gasteiger partial charge in [-0.05, 0) is 61.4 Å². The summed E-state index contributed by atoms with van der Waals surface area (Å²) in [6.07, 6.45) is 4.83. The highest BCUT2D eigenvalue weighted by atomic mass is 32.2. The third-order valence-electron chi connectivity index (χ3n) is 4.10. The van der Waals surface area contributed by atoms with Gasteiger partial charge in [0, 0.05) is 18.1 Å². The minimum atomic E-state index is -0.471. The smallest absolute Gasteiger partial charge is 0.294 e. The number of pyridine rings is 1. The summed E-state index contributed by atoms with van der Waals surface area (Å²) in [6.45, 7) is 5.49. The monoisotopic (exact) mass is 381 g/mol. The Labute approximate surface area is 161 Å². The quantitative estimate of drug-likeness (QED) is 0.817. The number of amides is 3. The summed E-state index contributed by atoms with van der Waals surface area (Å²) in [5, 5.41) is 2.36. The lowest BCUT2D eigenvalue weighted by Gasteiger charge is -2.15. The second kappa shape index (κ2) is 7.75. The van der Waals surface area contributed by atoms with Crippen LogP contribution in [0, 0.1) is 20.8 Å². The largest absolute Gasteiger partial charge is 0.324 e. The second-order valence-electron chi connectivity index (χ2n) is 6.38. The molecule has 0 unspecified atom stereocenters. The molecule has 1 N–H and O–H groups in total. The lowest BCUT2D eigenvalue weighted by atomic mass is 10.1. The molecule has 1 aliphatic rings. The second-order valence-corrected chi connectivity index (χ2v) is 7.37. The Morgan fingerprint density at radius 1 is 1.22 bits per heavy atom. The molecule has 2 heterocycles. The number of carbonyl (C=O) groups excluding carboxylic acids is 3. The summed E-state index contributed by atoms with van der Waals surface area (Å²) in [6, 6.07) is 7.48.